The van der Waals surface area contributed by atoms with E-state index >= 15 is 0 Å². The number of nitrogens with zero attached hydrogens (tertiary/aromatic N) is 1. The number of amides is 2. The lowest BCUT2D eigenvalue weighted by Gasteiger charge is -2.72. The third-order valence-corrected chi connectivity index (χ3v) is 5.31. The normalized spacial score (nSPS) is 30.2. The number of nitrogens with one attached hydrogen (secondary N) is 1. The quantitative estimate of drug-likeness (QED) is 0.879. The van der Waals surface area contributed by atoms with Gasteiger partial charge in [0.2, 0.25) is 0 Å². The second-order valence-electron chi connectivity index (χ2n) is 6.71. The molecule has 1 aliphatic heterocycles. The van der Waals surface area contributed by atoms with Crippen LogP contribution in [-0.4, -0.2) is 47.7 Å². The van der Waals surface area contributed by atoms with Gasteiger partial charge in [0.05, 0.1) is 17.1 Å². The van der Waals surface area contributed by atoms with Crippen LogP contribution in [0, 0.1) is 5.82 Å². The van der Waals surface area contributed by atoms with Crippen LogP contribution in [0.5, 0.6) is 5.75 Å². The second kappa shape index (κ2) is 5.24. The molecule has 0 spiro atoms. The molecule has 24 heavy (non-hydrogen) atoms. The van der Waals surface area contributed by atoms with Gasteiger partial charge in [-0.3, -0.25) is 9.69 Å². The number of carbonyl (C=O) groups is 2. The molecule has 2 bridgehead atoms. The van der Waals surface area contributed by atoms with E-state index in [4.69, 9.17) is 21.1 Å². The third-order valence-electron chi connectivity index (χ3n) is 5.00. The largest absolute Gasteiger partial charge is 0.484 e. The SMILES string of the molecule is O=C(COc1ccc(Cl)c(F)c1)NC12CC(N3CCOC3=O)(C1)C2. The highest BCUT2D eigenvalue weighted by atomic mass is 35.5. The van der Waals surface area contributed by atoms with Gasteiger partial charge in [-0.15, -0.1) is 0 Å². The summed E-state index contributed by atoms with van der Waals surface area (Å²) in [5, 5.41) is 2.96. The van der Waals surface area contributed by atoms with Crippen molar-refractivity contribution in [3.05, 3.63) is 29.0 Å². The van der Waals surface area contributed by atoms with Crippen LogP contribution >= 0.6 is 11.6 Å². The summed E-state index contributed by atoms with van der Waals surface area (Å²) in [6.07, 6.45) is 1.98. The second-order valence-corrected chi connectivity index (χ2v) is 7.12. The molecule has 2 amide bonds. The van der Waals surface area contributed by atoms with E-state index in [1.54, 1.807) is 4.90 Å². The number of hydrogen-bond donors (Lipinski definition) is 1. The Morgan fingerprint density at radius 3 is 2.79 bits per heavy atom. The molecule has 1 saturated heterocycles. The molecule has 0 radical (unpaired) electrons. The molecule has 6 nitrogen and oxygen atoms in total. The number of rotatable bonds is 5. The van der Waals surface area contributed by atoms with E-state index in [1.807, 2.05) is 0 Å². The lowest BCUT2D eigenvalue weighted by molar-refractivity contribution is -0.166. The Bertz CT molecular complexity index is 706. The molecule has 1 N–H and O–H groups in total. The first-order valence-corrected chi connectivity index (χ1v) is 8.13. The van der Waals surface area contributed by atoms with Crippen LogP contribution in [0.2, 0.25) is 5.02 Å². The molecule has 3 aliphatic carbocycles. The topological polar surface area (TPSA) is 67.9 Å². The third kappa shape index (κ3) is 2.38. The number of hydrogen-bond acceptors (Lipinski definition) is 4. The van der Waals surface area contributed by atoms with Crippen molar-refractivity contribution in [2.24, 2.45) is 0 Å². The molecular formula is C16H16ClFN2O4. The van der Waals surface area contributed by atoms with Crippen LogP contribution in [0.4, 0.5) is 9.18 Å². The Labute approximate surface area is 142 Å². The summed E-state index contributed by atoms with van der Waals surface area (Å²) < 4.78 is 23.6. The molecule has 0 unspecified atom stereocenters. The van der Waals surface area contributed by atoms with Crippen molar-refractivity contribution < 1.29 is 23.5 Å². The summed E-state index contributed by atoms with van der Waals surface area (Å²) in [6, 6.07) is 4.03. The van der Waals surface area contributed by atoms with Crippen molar-refractivity contribution in [2.75, 3.05) is 19.8 Å². The van der Waals surface area contributed by atoms with Crippen LogP contribution in [0.15, 0.2) is 18.2 Å². The van der Waals surface area contributed by atoms with Crippen molar-refractivity contribution in [2.45, 2.75) is 30.3 Å². The van der Waals surface area contributed by atoms with E-state index in [2.05, 4.69) is 5.32 Å². The maximum Gasteiger partial charge on any atom is 0.410 e. The number of carbonyl (C=O) groups excluding carboxylic acids is 2. The van der Waals surface area contributed by atoms with Gasteiger partial charge in [-0.1, -0.05) is 11.6 Å². The molecule has 4 fully saturated rings. The van der Waals surface area contributed by atoms with E-state index in [1.165, 1.54) is 12.1 Å². The lowest BCUT2D eigenvalue weighted by atomic mass is 9.43. The molecule has 1 aromatic rings. The van der Waals surface area contributed by atoms with Crippen molar-refractivity contribution in [3.63, 3.8) is 0 Å². The zero-order valence-electron chi connectivity index (χ0n) is 12.8. The Morgan fingerprint density at radius 1 is 1.42 bits per heavy atom. The first-order valence-electron chi connectivity index (χ1n) is 7.75. The maximum atomic E-state index is 13.3. The number of ether oxygens (including phenoxy) is 2. The molecule has 5 rings (SSSR count). The van der Waals surface area contributed by atoms with Crippen molar-refractivity contribution >= 4 is 23.6 Å². The molecule has 4 aliphatic rings. The van der Waals surface area contributed by atoms with Gasteiger partial charge >= 0.3 is 6.09 Å². The van der Waals surface area contributed by atoms with Gasteiger partial charge in [0.25, 0.3) is 5.91 Å². The van der Waals surface area contributed by atoms with E-state index < -0.39 is 5.82 Å². The Hall–Kier alpha value is -2.02. The maximum absolute atomic E-state index is 13.3. The molecular weight excluding hydrogens is 339 g/mol. The summed E-state index contributed by atoms with van der Waals surface area (Å²) >= 11 is 5.59. The molecule has 0 aromatic heterocycles. The van der Waals surface area contributed by atoms with Gasteiger partial charge in [-0.25, -0.2) is 9.18 Å². The van der Waals surface area contributed by atoms with E-state index in [9.17, 15) is 14.0 Å². The Kier molecular flexibility index (Phi) is 3.38. The average Bonchev–Trinajstić information content (AvgIpc) is 2.89. The summed E-state index contributed by atoms with van der Waals surface area (Å²) in [5.41, 5.74) is -0.379. The van der Waals surface area contributed by atoms with Crippen LogP contribution in [0.1, 0.15) is 19.3 Å². The fraction of sp³-hybridized carbons (Fsp3) is 0.500. The smallest absolute Gasteiger partial charge is 0.410 e. The van der Waals surface area contributed by atoms with E-state index in [0.717, 1.165) is 25.3 Å². The fourth-order valence-electron chi connectivity index (χ4n) is 4.02. The highest BCUT2D eigenvalue weighted by molar-refractivity contribution is 6.30. The Morgan fingerprint density at radius 2 is 2.17 bits per heavy atom. The first kappa shape index (κ1) is 15.5. The predicted molar refractivity (Wildman–Crippen MR) is 82.4 cm³/mol. The molecule has 0 atom stereocenters. The predicted octanol–water partition coefficient (Wildman–Crippen LogP) is 2.10. The molecule has 8 heteroatoms. The van der Waals surface area contributed by atoms with Crippen LogP contribution in [0.25, 0.3) is 0 Å². The first-order chi connectivity index (χ1) is 11.4. The average molecular weight is 355 g/mol. The highest BCUT2D eigenvalue weighted by Crippen LogP contribution is 2.63. The molecule has 1 aromatic carbocycles. The van der Waals surface area contributed by atoms with Gasteiger partial charge in [0.15, 0.2) is 6.61 Å². The molecule has 3 saturated carbocycles. The van der Waals surface area contributed by atoms with Gasteiger partial charge in [0.1, 0.15) is 18.2 Å². The molecule has 1 heterocycles. The standard InChI is InChI=1S/C16H16ClFN2O4/c17-11-2-1-10(5-12(11)18)24-6-13(21)19-15-7-16(8-15,9-15)20-3-4-23-14(20)22/h1-2,5H,3-4,6-9H2,(H,19,21). The zero-order valence-corrected chi connectivity index (χ0v) is 13.6. The summed E-state index contributed by atoms with van der Waals surface area (Å²) in [6.45, 7) is 0.862. The summed E-state index contributed by atoms with van der Waals surface area (Å²) in [4.78, 5) is 25.4. The minimum absolute atomic E-state index is 0.00593. The Balaban J connectivity index is 1.26. The number of cyclic esters (lactones) is 1. The minimum Gasteiger partial charge on any atom is -0.484 e. The van der Waals surface area contributed by atoms with Gasteiger partial charge in [0, 0.05) is 11.6 Å². The number of halogens is 2. The monoisotopic (exact) mass is 354 g/mol. The van der Waals surface area contributed by atoms with E-state index in [0.29, 0.717) is 13.2 Å². The highest BCUT2D eigenvalue weighted by Gasteiger charge is 2.72. The lowest BCUT2D eigenvalue weighted by Crippen LogP contribution is -2.84. The van der Waals surface area contributed by atoms with Crippen LogP contribution < -0.4 is 10.1 Å². The number of benzene rings is 1. The zero-order chi connectivity index (χ0) is 16.9. The van der Waals surface area contributed by atoms with Crippen LogP contribution in [0.3, 0.4) is 0 Å². The van der Waals surface area contributed by atoms with Gasteiger partial charge in [-0.2, -0.15) is 0 Å². The van der Waals surface area contributed by atoms with Crippen molar-refractivity contribution in [3.8, 4) is 5.75 Å². The van der Waals surface area contributed by atoms with Gasteiger partial charge in [-0.05, 0) is 31.4 Å². The summed E-state index contributed by atoms with van der Waals surface area (Å²) in [5.74, 6) is -0.600. The van der Waals surface area contributed by atoms with Crippen LogP contribution in [-0.2, 0) is 9.53 Å². The van der Waals surface area contributed by atoms with Crippen molar-refractivity contribution in [1.29, 1.82) is 0 Å². The van der Waals surface area contributed by atoms with Crippen molar-refractivity contribution in [1.82, 2.24) is 10.2 Å². The minimum atomic E-state index is -0.589. The van der Waals surface area contributed by atoms with Gasteiger partial charge < -0.3 is 14.8 Å². The fourth-order valence-corrected chi connectivity index (χ4v) is 4.14. The van der Waals surface area contributed by atoms with E-state index in [-0.39, 0.29) is 40.5 Å². The summed E-state index contributed by atoms with van der Waals surface area (Å²) in [7, 11) is 0. The molecule has 128 valence electrons.